The molecular weight excluding hydrogens is 306 g/mol. The van der Waals surface area contributed by atoms with Gasteiger partial charge in [0.25, 0.3) is 0 Å². The van der Waals surface area contributed by atoms with Crippen molar-refractivity contribution in [3.8, 4) is 0 Å². The number of carbonyl (C=O) groups is 2. The Balaban J connectivity index is 2.31. The number of hydrogen-bond donors (Lipinski definition) is 0. The SMILES string of the molecule is [N-]=[N+]=NC1=C(c2ccccc2)C2(C=CC(=O)C=C2Cl)OC1=O. The fourth-order valence-electron chi connectivity index (χ4n) is 2.46. The quantitative estimate of drug-likeness (QED) is 0.363. The molecule has 0 fully saturated rings. The van der Waals surface area contributed by atoms with E-state index in [0.717, 1.165) is 0 Å². The summed E-state index contributed by atoms with van der Waals surface area (Å²) in [6.07, 6.45) is 3.84. The molecule has 1 atom stereocenters. The number of allylic oxidation sites excluding steroid dienone is 2. The molecule has 6 nitrogen and oxygen atoms in total. The normalized spacial score (nSPS) is 23.4. The van der Waals surface area contributed by atoms with Crippen molar-refractivity contribution in [2.24, 2.45) is 5.11 Å². The number of azide groups is 1. The Morgan fingerprint density at radius 1 is 1.23 bits per heavy atom. The Kier molecular flexibility index (Phi) is 3.33. The van der Waals surface area contributed by atoms with Gasteiger partial charge in [-0.25, -0.2) is 4.79 Å². The van der Waals surface area contributed by atoms with Crippen LogP contribution < -0.4 is 0 Å². The lowest BCUT2D eigenvalue weighted by Gasteiger charge is -2.29. The molecule has 0 N–H and O–H groups in total. The summed E-state index contributed by atoms with van der Waals surface area (Å²) in [6, 6.07) is 8.81. The van der Waals surface area contributed by atoms with Crippen LogP contribution in [0.5, 0.6) is 0 Å². The van der Waals surface area contributed by atoms with Crippen LogP contribution in [0.3, 0.4) is 0 Å². The number of rotatable bonds is 2. The molecule has 1 spiro atoms. The maximum Gasteiger partial charge on any atom is 0.342 e. The van der Waals surface area contributed by atoms with Gasteiger partial charge < -0.3 is 4.74 Å². The predicted molar refractivity (Wildman–Crippen MR) is 79.4 cm³/mol. The molecular formula is C15H8ClN3O3. The molecule has 1 aromatic rings. The van der Waals surface area contributed by atoms with E-state index in [1.54, 1.807) is 30.3 Å². The molecule has 3 rings (SSSR count). The second kappa shape index (κ2) is 5.18. The highest BCUT2D eigenvalue weighted by molar-refractivity contribution is 6.35. The fourth-order valence-corrected chi connectivity index (χ4v) is 2.76. The van der Waals surface area contributed by atoms with E-state index < -0.39 is 11.6 Å². The van der Waals surface area contributed by atoms with Crippen molar-refractivity contribution in [1.82, 2.24) is 0 Å². The van der Waals surface area contributed by atoms with Crippen LogP contribution in [0.15, 0.2) is 64.4 Å². The largest absolute Gasteiger partial charge is 0.440 e. The van der Waals surface area contributed by atoms with Crippen LogP contribution >= 0.6 is 11.6 Å². The first-order valence-corrected chi connectivity index (χ1v) is 6.66. The molecule has 0 radical (unpaired) electrons. The Morgan fingerprint density at radius 3 is 2.59 bits per heavy atom. The third-order valence-corrected chi connectivity index (χ3v) is 3.76. The van der Waals surface area contributed by atoms with Crippen LogP contribution in [0.4, 0.5) is 0 Å². The van der Waals surface area contributed by atoms with Gasteiger partial charge >= 0.3 is 5.97 Å². The Bertz CT molecular complexity index is 820. The zero-order chi connectivity index (χ0) is 15.7. The number of esters is 1. The van der Waals surface area contributed by atoms with Crippen LogP contribution in [0.2, 0.25) is 0 Å². The highest BCUT2D eigenvalue weighted by atomic mass is 35.5. The van der Waals surface area contributed by atoms with Gasteiger partial charge in [-0.1, -0.05) is 47.0 Å². The smallest absolute Gasteiger partial charge is 0.342 e. The average Bonchev–Trinajstić information content (AvgIpc) is 2.79. The topological polar surface area (TPSA) is 92.1 Å². The molecule has 1 aromatic carbocycles. The van der Waals surface area contributed by atoms with Crippen molar-refractivity contribution in [1.29, 1.82) is 0 Å². The van der Waals surface area contributed by atoms with Crippen molar-refractivity contribution in [3.05, 3.63) is 75.3 Å². The van der Waals surface area contributed by atoms with E-state index in [9.17, 15) is 9.59 Å². The van der Waals surface area contributed by atoms with Gasteiger partial charge in [0.1, 0.15) is 5.70 Å². The van der Waals surface area contributed by atoms with Crippen molar-refractivity contribution < 1.29 is 14.3 Å². The molecule has 0 bridgehead atoms. The minimum Gasteiger partial charge on any atom is -0.440 e. The average molecular weight is 314 g/mol. The van der Waals surface area contributed by atoms with Crippen LogP contribution in [0, 0.1) is 0 Å². The number of nitrogens with zero attached hydrogens (tertiary/aromatic N) is 3. The van der Waals surface area contributed by atoms with E-state index in [0.29, 0.717) is 11.1 Å². The zero-order valence-corrected chi connectivity index (χ0v) is 11.8. The summed E-state index contributed by atoms with van der Waals surface area (Å²) < 4.78 is 5.37. The number of hydrogen-bond acceptors (Lipinski definition) is 4. The summed E-state index contributed by atoms with van der Waals surface area (Å²) in [4.78, 5) is 26.2. The minimum absolute atomic E-state index is 0.0374. The first-order chi connectivity index (χ1) is 10.6. The molecule has 0 saturated heterocycles. The molecule has 1 unspecified atom stereocenters. The summed E-state index contributed by atoms with van der Waals surface area (Å²) in [5.74, 6) is -1.10. The van der Waals surface area contributed by atoms with Gasteiger partial charge in [0.2, 0.25) is 0 Å². The van der Waals surface area contributed by atoms with Gasteiger partial charge in [0.05, 0.1) is 5.03 Å². The lowest BCUT2D eigenvalue weighted by molar-refractivity contribution is -0.141. The standard InChI is InChI=1S/C15H8ClN3O3/c16-11-8-10(20)6-7-15(11)12(9-4-2-1-3-5-9)13(18-19-17)14(21)22-15/h1-8H. The molecule has 7 heteroatoms. The number of ketones is 1. The molecule has 1 aliphatic heterocycles. The van der Waals surface area contributed by atoms with Crippen molar-refractivity contribution >= 4 is 28.9 Å². The number of benzene rings is 1. The minimum atomic E-state index is -1.43. The van der Waals surface area contributed by atoms with E-state index in [1.807, 2.05) is 0 Å². The Hall–Kier alpha value is -2.82. The first-order valence-electron chi connectivity index (χ1n) is 6.28. The molecule has 0 amide bonds. The molecule has 0 saturated carbocycles. The Labute approximate surface area is 130 Å². The number of halogens is 1. The van der Waals surface area contributed by atoms with Gasteiger partial charge in [0, 0.05) is 16.6 Å². The zero-order valence-electron chi connectivity index (χ0n) is 11.1. The molecule has 1 aliphatic carbocycles. The summed E-state index contributed by atoms with van der Waals surface area (Å²) in [6.45, 7) is 0. The van der Waals surface area contributed by atoms with Crippen molar-refractivity contribution in [3.63, 3.8) is 0 Å². The maximum absolute atomic E-state index is 12.1. The first kappa shape index (κ1) is 14.1. The van der Waals surface area contributed by atoms with E-state index in [4.69, 9.17) is 21.9 Å². The van der Waals surface area contributed by atoms with Gasteiger partial charge in [-0.3, -0.25) is 4.79 Å². The highest BCUT2D eigenvalue weighted by Crippen LogP contribution is 2.48. The molecule has 0 aromatic heterocycles. The molecule has 108 valence electrons. The molecule has 1 heterocycles. The van der Waals surface area contributed by atoms with Crippen LogP contribution in [0.25, 0.3) is 16.0 Å². The van der Waals surface area contributed by atoms with E-state index in [1.165, 1.54) is 18.2 Å². The summed E-state index contributed by atoms with van der Waals surface area (Å²) in [7, 11) is 0. The third kappa shape index (κ3) is 2.02. The van der Waals surface area contributed by atoms with Crippen LogP contribution in [-0.4, -0.2) is 17.4 Å². The predicted octanol–water partition coefficient (Wildman–Crippen LogP) is 3.27. The third-order valence-electron chi connectivity index (χ3n) is 3.37. The lowest BCUT2D eigenvalue weighted by atomic mass is 9.84. The maximum atomic E-state index is 12.1. The summed E-state index contributed by atoms with van der Waals surface area (Å²) >= 11 is 6.19. The van der Waals surface area contributed by atoms with Crippen molar-refractivity contribution in [2.75, 3.05) is 0 Å². The fraction of sp³-hybridized carbons (Fsp3) is 0.0667. The summed E-state index contributed by atoms with van der Waals surface area (Å²) in [5.41, 5.74) is 8.03. The second-order valence-electron chi connectivity index (χ2n) is 4.63. The van der Waals surface area contributed by atoms with Gasteiger partial charge in [-0.15, -0.1) is 0 Å². The number of ether oxygens (including phenoxy) is 1. The van der Waals surface area contributed by atoms with Gasteiger partial charge in [0.15, 0.2) is 11.4 Å². The van der Waals surface area contributed by atoms with Gasteiger partial charge in [-0.2, -0.15) is 0 Å². The molecule has 22 heavy (non-hydrogen) atoms. The summed E-state index contributed by atoms with van der Waals surface area (Å²) in [5, 5.41) is 3.48. The second-order valence-corrected chi connectivity index (χ2v) is 5.04. The van der Waals surface area contributed by atoms with Crippen LogP contribution in [0.1, 0.15) is 5.56 Å². The Morgan fingerprint density at radius 2 is 1.95 bits per heavy atom. The van der Waals surface area contributed by atoms with E-state index >= 15 is 0 Å². The lowest BCUT2D eigenvalue weighted by Crippen LogP contribution is -2.32. The molecule has 2 aliphatic rings. The van der Waals surface area contributed by atoms with Crippen molar-refractivity contribution in [2.45, 2.75) is 5.60 Å². The number of carbonyl (C=O) groups excluding carboxylic acids is 2. The van der Waals surface area contributed by atoms with E-state index in [2.05, 4.69) is 10.0 Å². The highest BCUT2D eigenvalue weighted by Gasteiger charge is 2.50. The van der Waals surface area contributed by atoms with Crippen LogP contribution in [-0.2, 0) is 14.3 Å². The monoisotopic (exact) mass is 313 g/mol. The van der Waals surface area contributed by atoms with Gasteiger partial charge in [-0.05, 0) is 23.2 Å². The van der Waals surface area contributed by atoms with E-state index in [-0.39, 0.29) is 16.5 Å².